The highest BCUT2D eigenvalue weighted by Gasteiger charge is 2.12. The maximum Gasteiger partial charge on any atom is 0.118 e. The summed E-state index contributed by atoms with van der Waals surface area (Å²) in [7, 11) is 0. The van der Waals surface area contributed by atoms with Gasteiger partial charge in [-0.3, -0.25) is 4.98 Å². The lowest BCUT2D eigenvalue weighted by Crippen LogP contribution is -2.16. The average molecular weight is 329 g/mol. The Balaban J connectivity index is 1.85. The first-order valence-corrected chi connectivity index (χ1v) is 8.34. The van der Waals surface area contributed by atoms with Gasteiger partial charge in [-0.1, -0.05) is 12.1 Å². The Hall–Kier alpha value is -3.27. The summed E-state index contributed by atoms with van der Waals surface area (Å²) in [5, 5.41) is 11.5. The number of aromatic nitrogens is 2. The smallest absolute Gasteiger partial charge is 0.118 e. The molecule has 0 atom stereocenters. The van der Waals surface area contributed by atoms with Gasteiger partial charge in [0.25, 0.3) is 0 Å². The summed E-state index contributed by atoms with van der Waals surface area (Å²) in [5.74, 6) is 0.252. The van der Waals surface area contributed by atoms with Crippen LogP contribution in [0.5, 0.6) is 5.75 Å². The molecule has 2 aromatic carbocycles. The number of benzene rings is 2. The Morgan fingerprint density at radius 2 is 1.96 bits per heavy atom. The van der Waals surface area contributed by atoms with Gasteiger partial charge in [-0.25, -0.2) is 0 Å². The topological polar surface area (TPSA) is 52.1 Å². The SMILES string of the molecule is CCN(c1cccnc1)c1cc(O)cc(-c2cccc3[nH]ccc23)c1. The third-order valence-corrected chi connectivity index (χ3v) is 4.39. The number of aromatic hydroxyl groups is 1. The molecular weight excluding hydrogens is 310 g/mol. The lowest BCUT2D eigenvalue weighted by molar-refractivity contribution is 0.475. The highest BCUT2D eigenvalue weighted by molar-refractivity contribution is 5.96. The zero-order chi connectivity index (χ0) is 17.2. The number of anilines is 2. The highest BCUT2D eigenvalue weighted by atomic mass is 16.3. The van der Waals surface area contributed by atoms with Crippen LogP contribution in [0.15, 0.2) is 73.2 Å². The van der Waals surface area contributed by atoms with Crippen LogP contribution >= 0.6 is 0 Å². The van der Waals surface area contributed by atoms with Gasteiger partial charge in [-0.15, -0.1) is 0 Å². The largest absolute Gasteiger partial charge is 0.508 e. The summed E-state index contributed by atoms with van der Waals surface area (Å²) in [6, 6.07) is 17.9. The van der Waals surface area contributed by atoms with Crippen LogP contribution in [0.25, 0.3) is 22.0 Å². The van der Waals surface area contributed by atoms with E-state index >= 15 is 0 Å². The number of aromatic amines is 1. The van der Waals surface area contributed by atoms with E-state index in [-0.39, 0.29) is 5.75 Å². The first-order valence-electron chi connectivity index (χ1n) is 8.34. The van der Waals surface area contributed by atoms with E-state index in [0.29, 0.717) is 0 Å². The minimum atomic E-state index is 0.252. The molecule has 25 heavy (non-hydrogen) atoms. The van der Waals surface area contributed by atoms with E-state index in [0.717, 1.165) is 39.9 Å². The fraction of sp³-hybridized carbons (Fsp3) is 0.0952. The first kappa shape index (κ1) is 15.3. The third kappa shape index (κ3) is 2.83. The van der Waals surface area contributed by atoms with Gasteiger partial charge in [0.15, 0.2) is 0 Å². The van der Waals surface area contributed by atoms with Crippen molar-refractivity contribution in [3.63, 3.8) is 0 Å². The van der Waals surface area contributed by atoms with Gasteiger partial charge >= 0.3 is 0 Å². The fourth-order valence-corrected chi connectivity index (χ4v) is 3.27. The predicted octanol–water partition coefficient (Wildman–Crippen LogP) is 5.09. The van der Waals surface area contributed by atoms with Crippen molar-refractivity contribution in [2.45, 2.75) is 6.92 Å². The van der Waals surface area contributed by atoms with Gasteiger partial charge in [-0.05, 0) is 54.4 Å². The van der Waals surface area contributed by atoms with Crippen molar-refractivity contribution in [3.05, 3.63) is 73.2 Å². The van der Waals surface area contributed by atoms with Gasteiger partial charge in [0.1, 0.15) is 5.75 Å². The van der Waals surface area contributed by atoms with E-state index in [2.05, 4.69) is 46.1 Å². The summed E-state index contributed by atoms with van der Waals surface area (Å²) in [6.07, 6.45) is 5.53. The number of hydrogen-bond acceptors (Lipinski definition) is 3. The van der Waals surface area contributed by atoms with Crippen LogP contribution in [0.3, 0.4) is 0 Å². The maximum absolute atomic E-state index is 10.3. The third-order valence-electron chi connectivity index (χ3n) is 4.39. The van der Waals surface area contributed by atoms with E-state index in [4.69, 9.17) is 0 Å². The summed E-state index contributed by atoms with van der Waals surface area (Å²) in [6.45, 7) is 2.87. The number of rotatable bonds is 4. The number of H-pyrrole nitrogens is 1. The molecule has 2 aromatic heterocycles. The Bertz CT molecular complexity index is 1010. The van der Waals surface area contributed by atoms with E-state index in [9.17, 15) is 5.11 Å². The number of pyridine rings is 1. The molecule has 2 N–H and O–H groups in total. The second kappa shape index (κ2) is 6.32. The second-order valence-electron chi connectivity index (χ2n) is 5.94. The lowest BCUT2D eigenvalue weighted by Gasteiger charge is -2.24. The molecule has 0 aliphatic heterocycles. The molecule has 4 heteroatoms. The molecule has 0 aliphatic carbocycles. The number of nitrogens with zero attached hydrogens (tertiary/aromatic N) is 2. The van der Waals surface area contributed by atoms with Crippen LogP contribution in [0, 0.1) is 0 Å². The Labute approximate surface area is 146 Å². The number of nitrogens with one attached hydrogen (secondary N) is 1. The van der Waals surface area contributed by atoms with Gasteiger partial charge in [0, 0.05) is 41.6 Å². The molecule has 0 bridgehead atoms. The molecule has 0 amide bonds. The van der Waals surface area contributed by atoms with Crippen molar-refractivity contribution < 1.29 is 5.11 Å². The van der Waals surface area contributed by atoms with Gasteiger partial charge in [0.2, 0.25) is 0 Å². The van der Waals surface area contributed by atoms with Gasteiger partial charge in [-0.2, -0.15) is 0 Å². The molecule has 0 aliphatic rings. The van der Waals surface area contributed by atoms with Gasteiger partial charge in [0.05, 0.1) is 11.9 Å². The Morgan fingerprint density at radius 3 is 2.76 bits per heavy atom. The van der Waals surface area contributed by atoms with Crippen molar-refractivity contribution in [3.8, 4) is 16.9 Å². The molecule has 0 unspecified atom stereocenters. The molecule has 0 radical (unpaired) electrons. The zero-order valence-corrected chi connectivity index (χ0v) is 14.0. The van der Waals surface area contributed by atoms with Crippen molar-refractivity contribution >= 4 is 22.3 Å². The maximum atomic E-state index is 10.3. The number of phenols is 1. The standard InChI is InChI=1S/C21H19N3O/c1-2-24(16-5-4-9-22-14-16)17-11-15(12-18(25)13-17)19-6-3-7-21-20(19)8-10-23-21/h3-14,23,25H,2H2,1H3. The molecule has 0 spiro atoms. The van der Waals surface area contributed by atoms with Crippen molar-refractivity contribution in [2.24, 2.45) is 0 Å². The van der Waals surface area contributed by atoms with Crippen LogP contribution in [-0.4, -0.2) is 21.6 Å². The van der Waals surface area contributed by atoms with Crippen LogP contribution in [-0.2, 0) is 0 Å². The normalized spacial score (nSPS) is 10.9. The Morgan fingerprint density at radius 1 is 1.04 bits per heavy atom. The molecule has 4 aromatic rings. The van der Waals surface area contributed by atoms with E-state index in [1.807, 2.05) is 36.7 Å². The second-order valence-corrected chi connectivity index (χ2v) is 5.94. The molecule has 0 fully saturated rings. The molecule has 124 valence electrons. The zero-order valence-electron chi connectivity index (χ0n) is 14.0. The molecular formula is C21H19N3O. The molecule has 4 nitrogen and oxygen atoms in total. The number of phenolic OH excluding ortho intramolecular Hbond substituents is 1. The summed E-state index contributed by atoms with van der Waals surface area (Å²) < 4.78 is 0. The van der Waals surface area contributed by atoms with E-state index in [1.54, 1.807) is 12.3 Å². The number of hydrogen-bond donors (Lipinski definition) is 2. The van der Waals surface area contributed by atoms with Crippen LogP contribution < -0.4 is 4.90 Å². The summed E-state index contributed by atoms with van der Waals surface area (Å²) in [5.41, 5.74) is 5.11. The minimum Gasteiger partial charge on any atom is -0.508 e. The fourth-order valence-electron chi connectivity index (χ4n) is 3.27. The molecule has 2 heterocycles. The highest BCUT2D eigenvalue weighted by Crippen LogP contribution is 2.35. The van der Waals surface area contributed by atoms with Crippen molar-refractivity contribution in [2.75, 3.05) is 11.4 Å². The van der Waals surface area contributed by atoms with Crippen LogP contribution in [0.1, 0.15) is 6.92 Å². The Kier molecular flexibility index (Phi) is 3.86. The van der Waals surface area contributed by atoms with E-state index in [1.165, 1.54) is 0 Å². The summed E-state index contributed by atoms with van der Waals surface area (Å²) in [4.78, 5) is 9.58. The van der Waals surface area contributed by atoms with E-state index < -0.39 is 0 Å². The first-order chi connectivity index (χ1) is 12.3. The van der Waals surface area contributed by atoms with Crippen molar-refractivity contribution in [1.82, 2.24) is 9.97 Å². The number of fused-ring (bicyclic) bond motifs is 1. The monoisotopic (exact) mass is 329 g/mol. The quantitative estimate of drug-likeness (QED) is 0.548. The molecule has 0 saturated carbocycles. The predicted molar refractivity (Wildman–Crippen MR) is 102 cm³/mol. The van der Waals surface area contributed by atoms with Crippen LogP contribution in [0.4, 0.5) is 11.4 Å². The van der Waals surface area contributed by atoms with Crippen LogP contribution in [0.2, 0.25) is 0 Å². The lowest BCUT2D eigenvalue weighted by atomic mass is 10.0. The molecule has 4 rings (SSSR count). The average Bonchev–Trinajstić information content (AvgIpc) is 3.11. The van der Waals surface area contributed by atoms with Crippen molar-refractivity contribution in [1.29, 1.82) is 0 Å². The summed E-state index contributed by atoms with van der Waals surface area (Å²) >= 11 is 0. The molecule has 0 saturated heterocycles. The minimum absolute atomic E-state index is 0.252. The van der Waals surface area contributed by atoms with Gasteiger partial charge < -0.3 is 15.0 Å².